The second-order valence-electron chi connectivity index (χ2n) is 6.88. The molecule has 5 nitrogen and oxygen atoms in total. The Morgan fingerprint density at radius 3 is 2.78 bits per heavy atom. The molecule has 1 aliphatic heterocycles. The third-order valence-corrected chi connectivity index (χ3v) is 5.42. The number of Topliss-reactive ketones (excluding diaryl/α,β-unsaturated/α-hetero) is 1. The summed E-state index contributed by atoms with van der Waals surface area (Å²) in [5.74, 6) is 1.49. The summed E-state index contributed by atoms with van der Waals surface area (Å²) in [6, 6.07) is 12.1. The molecule has 0 saturated carbocycles. The number of nitrogens with one attached hydrogen (secondary N) is 1. The van der Waals surface area contributed by atoms with Crippen LogP contribution in [0.2, 0.25) is 0 Å². The van der Waals surface area contributed by atoms with Crippen LogP contribution in [0.15, 0.2) is 46.5 Å². The van der Waals surface area contributed by atoms with Gasteiger partial charge in [0.2, 0.25) is 5.16 Å². The van der Waals surface area contributed by atoms with Crippen LogP contribution in [0.25, 0.3) is 11.4 Å². The van der Waals surface area contributed by atoms with Crippen LogP contribution in [-0.2, 0) is 0 Å². The summed E-state index contributed by atoms with van der Waals surface area (Å²) < 4.78 is 0. The molecule has 4 rings (SSSR count). The fraction of sp³-hybridized carbons (Fsp3) is 0.238. The SMILES string of the molecule is Cc1cccc(-c2nc(SCC3=Nc4cc(C)cc(C)c4C(=O)C3)n[nH]2)c1. The maximum Gasteiger partial charge on any atom is 0.209 e. The number of aromatic amines is 1. The van der Waals surface area contributed by atoms with E-state index in [4.69, 9.17) is 4.99 Å². The molecule has 0 fully saturated rings. The number of fused-ring (bicyclic) bond motifs is 1. The third kappa shape index (κ3) is 3.71. The molecule has 6 heteroatoms. The van der Waals surface area contributed by atoms with E-state index in [9.17, 15) is 4.79 Å². The number of ketones is 1. The predicted octanol–water partition coefficient (Wildman–Crippen LogP) is 4.85. The predicted molar refractivity (Wildman–Crippen MR) is 109 cm³/mol. The zero-order valence-corrected chi connectivity index (χ0v) is 16.4. The molecule has 27 heavy (non-hydrogen) atoms. The average molecular weight is 376 g/mol. The Bertz CT molecular complexity index is 1070. The van der Waals surface area contributed by atoms with Crippen molar-refractivity contribution >= 4 is 28.9 Å². The van der Waals surface area contributed by atoms with Crippen molar-refractivity contribution in [3.8, 4) is 11.4 Å². The molecule has 1 N–H and O–H groups in total. The minimum Gasteiger partial charge on any atom is -0.294 e. The number of carbonyl (C=O) groups excluding carboxylic acids is 1. The van der Waals surface area contributed by atoms with Gasteiger partial charge in [0, 0.05) is 22.6 Å². The standard InChI is InChI=1S/C21H20N4OS/c1-12-5-4-6-15(8-12)20-23-21(25-24-20)27-11-16-10-18(26)19-14(3)7-13(2)9-17(19)22-16/h4-9H,10-11H2,1-3H3,(H,23,24,25). The van der Waals surface area contributed by atoms with Crippen LogP contribution < -0.4 is 0 Å². The van der Waals surface area contributed by atoms with Crippen molar-refractivity contribution < 1.29 is 4.79 Å². The van der Waals surface area contributed by atoms with Gasteiger partial charge in [0.15, 0.2) is 11.6 Å². The van der Waals surface area contributed by atoms with Crippen molar-refractivity contribution in [2.75, 3.05) is 5.75 Å². The molecule has 0 saturated heterocycles. The smallest absolute Gasteiger partial charge is 0.209 e. The minimum atomic E-state index is 0.142. The molecule has 0 unspecified atom stereocenters. The summed E-state index contributed by atoms with van der Waals surface area (Å²) in [6.45, 7) is 6.05. The summed E-state index contributed by atoms with van der Waals surface area (Å²) in [7, 11) is 0. The van der Waals surface area contributed by atoms with E-state index in [0.717, 1.165) is 39.5 Å². The average Bonchev–Trinajstić information content (AvgIpc) is 3.08. The van der Waals surface area contributed by atoms with E-state index < -0.39 is 0 Å². The Hall–Kier alpha value is -2.73. The second kappa shape index (κ2) is 7.12. The van der Waals surface area contributed by atoms with Gasteiger partial charge >= 0.3 is 0 Å². The fourth-order valence-corrected chi connectivity index (χ4v) is 4.07. The first-order valence-electron chi connectivity index (χ1n) is 8.83. The van der Waals surface area contributed by atoms with Gasteiger partial charge in [-0.1, -0.05) is 41.6 Å². The molecule has 136 valence electrons. The van der Waals surface area contributed by atoms with Crippen molar-refractivity contribution in [1.29, 1.82) is 0 Å². The van der Waals surface area contributed by atoms with Gasteiger partial charge in [-0.05, 0) is 44.0 Å². The van der Waals surface area contributed by atoms with Gasteiger partial charge in [-0.3, -0.25) is 14.9 Å². The van der Waals surface area contributed by atoms with Gasteiger partial charge in [-0.25, -0.2) is 4.98 Å². The van der Waals surface area contributed by atoms with Gasteiger partial charge in [0.1, 0.15) is 0 Å². The van der Waals surface area contributed by atoms with Crippen LogP contribution in [0.5, 0.6) is 0 Å². The molecule has 1 aromatic heterocycles. The molecule has 0 bridgehead atoms. The van der Waals surface area contributed by atoms with Crippen LogP contribution in [0.4, 0.5) is 5.69 Å². The molecule has 2 heterocycles. The van der Waals surface area contributed by atoms with Crippen LogP contribution >= 0.6 is 11.8 Å². The normalized spacial score (nSPS) is 13.4. The van der Waals surface area contributed by atoms with Gasteiger partial charge in [-0.15, -0.1) is 5.10 Å². The molecule has 2 aromatic carbocycles. The molecular weight excluding hydrogens is 356 g/mol. The highest BCUT2D eigenvalue weighted by atomic mass is 32.2. The zero-order valence-electron chi connectivity index (χ0n) is 15.5. The second-order valence-corrected chi connectivity index (χ2v) is 7.82. The van der Waals surface area contributed by atoms with Crippen molar-refractivity contribution in [2.24, 2.45) is 4.99 Å². The largest absolute Gasteiger partial charge is 0.294 e. The molecule has 0 atom stereocenters. The highest BCUT2D eigenvalue weighted by molar-refractivity contribution is 7.99. The van der Waals surface area contributed by atoms with Crippen molar-refractivity contribution in [3.05, 3.63) is 58.7 Å². The number of aryl methyl sites for hydroxylation is 3. The van der Waals surface area contributed by atoms with Gasteiger partial charge in [-0.2, -0.15) is 0 Å². The van der Waals surface area contributed by atoms with E-state index in [1.807, 2.05) is 38.1 Å². The van der Waals surface area contributed by atoms with Crippen molar-refractivity contribution in [1.82, 2.24) is 15.2 Å². The molecule has 0 aliphatic carbocycles. The number of thioether (sulfide) groups is 1. The number of H-pyrrole nitrogens is 1. The van der Waals surface area contributed by atoms with Gasteiger partial charge < -0.3 is 0 Å². The number of aliphatic imine (C=N–C) groups is 1. The highest BCUT2D eigenvalue weighted by Crippen LogP contribution is 2.31. The number of benzene rings is 2. The molecule has 3 aromatic rings. The van der Waals surface area contributed by atoms with E-state index in [0.29, 0.717) is 17.3 Å². The van der Waals surface area contributed by atoms with E-state index in [1.54, 1.807) is 0 Å². The Morgan fingerprint density at radius 2 is 1.96 bits per heavy atom. The van der Waals surface area contributed by atoms with E-state index in [2.05, 4.69) is 34.2 Å². The van der Waals surface area contributed by atoms with E-state index >= 15 is 0 Å². The Balaban J connectivity index is 1.51. The summed E-state index contributed by atoms with van der Waals surface area (Å²) in [5, 5.41) is 7.93. The van der Waals surface area contributed by atoms with Gasteiger partial charge in [0.25, 0.3) is 0 Å². The van der Waals surface area contributed by atoms with Gasteiger partial charge in [0.05, 0.1) is 12.1 Å². The number of nitrogens with zero attached hydrogens (tertiary/aromatic N) is 3. The number of rotatable bonds is 4. The summed E-state index contributed by atoms with van der Waals surface area (Å²) in [5.41, 5.74) is 6.72. The Kier molecular flexibility index (Phi) is 4.66. The number of hydrogen-bond acceptors (Lipinski definition) is 5. The highest BCUT2D eigenvalue weighted by Gasteiger charge is 2.22. The lowest BCUT2D eigenvalue weighted by molar-refractivity contribution is 0.0999. The molecule has 0 amide bonds. The summed E-state index contributed by atoms with van der Waals surface area (Å²) >= 11 is 1.50. The quantitative estimate of drug-likeness (QED) is 0.661. The molecule has 1 aliphatic rings. The lowest BCUT2D eigenvalue weighted by Crippen LogP contribution is -2.16. The maximum atomic E-state index is 12.5. The lowest BCUT2D eigenvalue weighted by Gasteiger charge is -2.16. The zero-order chi connectivity index (χ0) is 19.0. The Morgan fingerprint density at radius 1 is 1.11 bits per heavy atom. The molecule has 0 radical (unpaired) electrons. The van der Waals surface area contributed by atoms with E-state index in [-0.39, 0.29) is 5.78 Å². The topological polar surface area (TPSA) is 71.0 Å². The van der Waals surface area contributed by atoms with Crippen molar-refractivity contribution in [2.45, 2.75) is 32.3 Å². The summed E-state index contributed by atoms with van der Waals surface area (Å²) in [6.07, 6.45) is 0.360. The number of aromatic nitrogens is 3. The number of hydrogen-bond donors (Lipinski definition) is 1. The van der Waals surface area contributed by atoms with Crippen LogP contribution in [0.1, 0.15) is 33.5 Å². The number of carbonyl (C=O) groups is 1. The third-order valence-electron chi connectivity index (χ3n) is 4.51. The molecule has 0 spiro atoms. The first kappa shape index (κ1) is 17.7. The first-order valence-corrected chi connectivity index (χ1v) is 9.81. The molecular formula is C21H20N4OS. The monoisotopic (exact) mass is 376 g/mol. The minimum absolute atomic E-state index is 0.142. The fourth-order valence-electron chi connectivity index (χ4n) is 3.34. The van der Waals surface area contributed by atoms with E-state index in [1.165, 1.54) is 17.3 Å². The van der Waals surface area contributed by atoms with Crippen LogP contribution in [0.3, 0.4) is 0 Å². The maximum absolute atomic E-state index is 12.5. The van der Waals surface area contributed by atoms with Crippen LogP contribution in [0, 0.1) is 20.8 Å². The van der Waals surface area contributed by atoms with Crippen LogP contribution in [-0.4, -0.2) is 32.4 Å². The summed E-state index contributed by atoms with van der Waals surface area (Å²) in [4.78, 5) is 21.8. The van der Waals surface area contributed by atoms with Crippen molar-refractivity contribution in [3.63, 3.8) is 0 Å². The first-order chi connectivity index (χ1) is 13.0. The lowest BCUT2D eigenvalue weighted by atomic mass is 9.94. The Labute approximate surface area is 162 Å².